The van der Waals surface area contributed by atoms with Crippen molar-refractivity contribution in [2.24, 2.45) is 0 Å². The molecule has 0 aliphatic rings. The molecule has 1 N–H and O–H groups in total. The van der Waals surface area contributed by atoms with Crippen LogP contribution >= 0.6 is 24.2 Å². The fourth-order valence-corrected chi connectivity index (χ4v) is 1.45. The van der Waals surface area contributed by atoms with Gasteiger partial charge in [-0.15, -0.1) is 0 Å². The van der Waals surface area contributed by atoms with Gasteiger partial charge in [0.1, 0.15) is 0 Å². The number of thiol groups is 1. The SMILES string of the molecule is CC(S)Nc1ccc(Cl)c(C(F)(F)F)c1. The number of alkyl halides is 3. The molecule has 0 saturated heterocycles. The van der Waals surface area contributed by atoms with E-state index < -0.39 is 11.7 Å². The first kappa shape index (κ1) is 12.5. The summed E-state index contributed by atoms with van der Waals surface area (Å²) in [7, 11) is 0. The minimum atomic E-state index is -4.44. The zero-order chi connectivity index (χ0) is 11.6. The number of anilines is 1. The van der Waals surface area contributed by atoms with Crippen LogP contribution in [0.5, 0.6) is 0 Å². The molecular weight excluding hydrogens is 247 g/mol. The van der Waals surface area contributed by atoms with Gasteiger partial charge < -0.3 is 5.32 Å². The average molecular weight is 256 g/mol. The Kier molecular flexibility index (Phi) is 3.78. The molecule has 0 fully saturated rings. The number of benzene rings is 1. The van der Waals surface area contributed by atoms with Crippen molar-refractivity contribution in [1.82, 2.24) is 0 Å². The van der Waals surface area contributed by atoms with Crippen LogP contribution in [-0.2, 0) is 6.18 Å². The highest BCUT2D eigenvalue weighted by atomic mass is 35.5. The summed E-state index contributed by atoms with van der Waals surface area (Å²) < 4.78 is 37.3. The molecule has 1 aromatic rings. The van der Waals surface area contributed by atoms with Gasteiger partial charge in [-0.05, 0) is 25.1 Å². The Bertz CT molecular complexity index is 352. The Hall–Kier alpha value is -0.550. The smallest absolute Gasteiger partial charge is 0.374 e. The quantitative estimate of drug-likeness (QED) is 0.600. The molecule has 0 bridgehead atoms. The summed E-state index contributed by atoms with van der Waals surface area (Å²) in [5.74, 6) is 0. The zero-order valence-corrected chi connectivity index (χ0v) is 9.42. The molecule has 0 aliphatic carbocycles. The molecule has 1 rings (SSSR count). The van der Waals surface area contributed by atoms with Crippen LogP contribution in [0.3, 0.4) is 0 Å². The molecule has 1 aromatic carbocycles. The second-order valence-electron chi connectivity index (χ2n) is 3.01. The first-order valence-electron chi connectivity index (χ1n) is 4.12. The van der Waals surface area contributed by atoms with Gasteiger partial charge in [-0.3, -0.25) is 0 Å². The number of hydrogen-bond donors (Lipinski definition) is 2. The minimum absolute atomic E-state index is 0.229. The molecule has 0 aromatic heterocycles. The molecule has 15 heavy (non-hydrogen) atoms. The van der Waals surface area contributed by atoms with Crippen molar-refractivity contribution >= 4 is 29.9 Å². The standard InChI is InChI=1S/C9H9ClF3NS/c1-5(15)14-6-2-3-8(10)7(4-6)9(11,12)13/h2-5,14-15H,1H3. The highest BCUT2D eigenvalue weighted by molar-refractivity contribution is 7.81. The van der Waals surface area contributed by atoms with Crippen molar-refractivity contribution in [3.8, 4) is 0 Å². The van der Waals surface area contributed by atoms with Crippen LogP contribution in [0.1, 0.15) is 12.5 Å². The van der Waals surface area contributed by atoms with Gasteiger partial charge in [0.05, 0.1) is 16.0 Å². The normalized spacial score (nSPS) is 13.7. The molecule has 0 aliphatic heterocycles. The van der Waals surface area contributed by atoms with Gasteiger partial charge in [-0.2, -0.15) is 25.8 Å². The molecular formula is C9H9ClF3NS. The van der Waals surface area contributed by atoms with Crippen LogP contribution in [0, 0.1) is 0 Å². The molecule has 0 spiro atoms. The van der Waals surface area contributed by atoms with Crippen molar-refractivity contribution < 1.29 is 13.2 Å². The number of hydrogen-bond acceptors (Lipinski definition) is 2. The predicted octanol–water partition coefficient (Wildman–Crippen LogP) is 4.05. The van der Waals surface area contributed by atoms with E-state index in [1.807, 2.05) is 0 Å². The third-order valence-electron chi connectivity index (χ3n) is 1.65. The Balaban J connectivity index is 3.06. The lowest BCUT2D eigenvalue weighted by atomic mass is 10.2. The van der Waals surface area contributed by atoms with Crippen molar-refractivity contribution in [3.63, 3.8) is 0 Å². The van der Waals surface area contributed by atoms with E-state index in [4.69, 9.17) is 11.6 Å². The van der Waals surface area contributed by atoms with Gasteiger partial charge in [0.2, 0.25) is 0 Å². The van der Waals surface area contributed by atoms with Crippen molar-refractivity contribution in [2.75, 3.05) is 5.32 Å². The van der Waals surface area contributed by atoms with Crippen molar-refractivity contribution in [2.45, 2.75) is 18.5 Å². The third kappa shape index (κ3) is 3.50. The maximum absolute atomic E-state index is 12.4. The molecule has 0 heterocycles. The number of rotatable bonds is 2. The third-order valence-corrected chi connectivity index (χ3v) is 2.11. The van der Waals surface area contributed by atoms with Gasteiger partial charge in [0.25, 0.3) is 0 Å². The van der Waals surface area contributed by atoms with E-state index in [2.05, 4.69) is 17.9 Å². The van der Waals surface area contributed by atoms with E-state index in [-0.39, 0.29) is 10.4 Å². The van der Waals surface area contributed by atoms with Gasteiger partial charge in [0, 0.05) is 5.69 Å². The monoisotopic (exact) mass is 255 g/mol. The molecule has 6 heteroatoms. The van der Waals surface area contributed by atoms with Gasteiger partial charge >= 0.3 is 6.18 Å². The van der Waals surface area contributed by atoms with E-state index >= 15 is 0 Å². The fraction of sp³-hybridized carbons (Fsp3) is 0.333. The van der Waals surface area contributed by atoms with E-state index in [1.165, 1.54) is 12.1 Å². The second-order valence-corrected chi connectivity index (χ2v) is 4.19. The lowest BCUT2D eigenvalue weighted by molar-refractivity contribution is -0.137. The van der Waals surface area contributed by atoms with E-state index in [0.717, 1.165) is 6.07 Å². The molecule has 1 nitrogen and oxygen atoms in total. The van der Waals surface area contributed by atoms with E-state index in [1.54, 1.807) is 6.92 Å². The largest absolute Gasteiger partial charge is 0.417 e. The van der Waals surface area contributed by atoms with Crippen LogP contribution in [0.4, 0.5) is 18.9 Å². The van der Waals surface area contributed by atoms with Crippen LogP contribution in [-0.4, -0.2) is 5.37 Å². The maximum Gasteiger partial charge on any atom is 0.417 e. The Morgan fingerprint density at radius 1 is 1.40 bits per heavy atom. The summed E-state index contributed by atoms with van der Waals surface area (Å²) in [6, 6.07) is 3.65. The van der Waals surface area contributed by atoms with Crippen LogP contribution in [0.25, 0.3) is 0 Å². The summed E-state index contributed by atoms with van der Waals surface area (Å²) in [4.78, 5) is 0. The topological polar surface area (TPSA) is 12.0 Å². The highest BCUT2D eigenvalue weighted by Gasteiger charge is 2.33. The summed E-state index contributed by atoms with van der Waals surface area (Å²) >= 11 is 9.47. The average Bonchev–Trinajstić information content (AvgIpc) is 2.05. The maximum atomic E-state index is 12.4. The summed E-state index contributed by atoms with van der Waals surface area (Å²) in [5.41, 5.74) is -0.502. The molecule has 1 atom stereocenters. The lowest BCUT2D eigenvalue weighted by Gasteiger charge is -2.13. The van der Waals surface area contributed by atoms with Gasteiger partial charge in [-0.1, -0.05) is 11.6 Å². The molecule has 0 amide bonds. The number of nitrogens with one attached hydrogen (secondary N) is 1. The fourth-order valence-electron chi connectivity index (χ4n) is 1.07. The highest BCUT2D eigenvalue weighted by Crippen LogP contribution is 2.36. The van der Waals surface area contributed by atoms with Gasteiger partial charge in [-0.25, -0.2) is 0 Å². The Morgan fingerprint density at radius 3 is 2.47 bits per heavy atom. The summed E-state index contributed by atoms with van der Waals surface area (Å²) in [6.07, 6.45) is -4.44. The van der Waals surface area contributed by atoms with Crippen LogP contribution in [0.2, 0.25) is 5.02 Å². The van der Waals surface area contributed by atoms with Gasteiger partial charge in [0.15, 0.2) is 0 Å². The summed E-state index contributed by atoms with van der Waals surface area (Å²) in [5, 5.41) is 2.21. The van der Waals surface area contributed by atoms with Crippen molar-refractivity contribution in [3.05, 3.63) is 28.8 Å². The Morgan fingerprint density at radius 2 is 2.00 bits per heavy atom. The van der Waals surface area contributed by atoms with E-state index in [0.29, 0.717) is 5.69 Å². The van der Waals surface area contributed by atoms with Crippen LogP contribution < -0.4 is 5.32 Å². The first-order valence-corrected chi connectivity index (χ1v) is 5.01. The lowest BCUT2D eigenvalue weighted by Crippen LogP contribution is -2.10. The number of halogens is 4. The molecule has 84 valence electrons. The zero-order valence-electron chi connectivity index (χ0n) is 7.77. The first-order chi connectivity index (χ1) is 6.80. The second kappa shape index (κ2) is 4.53. The Labute approximate surface area is 96.0 Å². The summed E-state index contributed by atoms with van der Waals surface area (Å²) in [6.45, 7) is 1.71. The minimum Gasteiger partial charge on any atom is -0.374 e. The van der Waals surface area contributed by atoms with Crippen molar-refractivity contribution in [1.29, 1.82) is 0 Å². The predicted molar refractivity (Wildman–Crippen MR) is 58.5 cm³/mol. The van der Waals surface area contributed by atoms with Crippen LogP contribution in [0.15, 0.2) is 18.2 Å². The molecule has 0 radical (unpaired) electrons. The molecule has 0 saturated carbocycles. The molecule has 1 unspecified atom stereocenters. The van der Waals surface area contributed by atoms with E-state index in [9.17, 15) is 13.2 Å².